The van der Waals surface area contributed by atoms with Gasteiger partial charge in [-0.15, -0.1) is 11.3 Å². The van der Waals surface area contributed by atoms with E-state index >= 15 is 0 Å². The third-order valence-electron chi connectivity index (χ3n) is 3.22. The van der Waals surface area contributed by atoms with Gasteiger partial charge in [-0.05, 0) is 49.4 Å². The van der Waals surface area contributed by atoms with E-state index in [0.717, 1.165) is 16.1 Å². The summed E-state index contributed by atoms with van der Waals surface area (Å²) in [7, 11) is 0. The predicted octanol–water partition coefficient (Wildman–Crippen LogP) is 5.56. The van der Waals surface area contributed by atoms with Crippen molar-refractivity contribution in [2.75, 3.05) is 10.6 Å². The van der Waals surface area contributed by atoms with Crippen LogP contribution in [-0.2, 0) is 0 Å². The maximum absolute atomic E-state index is 13.0. The number of aromatic nitrogens is 1. The summed E-state index contributed by atoms with van der Waals surface area (Å²) in [6.45, 7) is 1.90. The van der Waals surface area contributed by atoms with Crippen molar-refractivity contribution in [3.8, 4) is 11.3 Å². The van der Waals surface area contributed by atoms with Crippen LogP contribution in [0.5, 0.6) is 0 Å². The highest BCUT2D eigenvalue weighted by Crippen LogP contribution is 2.30. The fraction of sp³-hybridized carbons (Fsp3) is 0.0588. The predicted molar refractivity (Wildman–Crippen MR) is 96.3 cm³/mol. The van der Waals surface area contributed by atoms with E-state index < -0.39 is 6.03 Å². The molecule has 0 saturated carbocycles. The Labute approximate surface area is 147 Å². The first-order valence-corrected chi connectivity index (χ1v) is 8.27. The molecular formula is C17H13ClFN3OS. The molecule has 2 N–H and O–H groups in total. The topological polar surface area (TPSA) is 54.0 Å². The second-order valence-corrected chi connectivity index (χ2v) is 6.66. The van der Waals surface area contributed by atoms with Crippen LogP contribution in [0.2, 0.25) is 5.02 Å². The molecule has 0 aliphatic heterocycles. The van der Waals surface area contributed by atoms with Gasteiger partial charge in [-0.3, -0.25) is 5.32 Å². The van der Waals surface area contributed by atoms with E-state index in [2.05, 4.69) is 15.6 Å². The van der Waals surface area contributed by atoms with E-state index in [1.165, 1.54) is 23.5 Å². The van der Waals surface area contributed by atoms with E-state index in [1.54, 1.807) is 36.4 Å². The summed E-state index contributed by atoms with van der Waals surface area (Å²) in [6, 6.07) is 12.5. The number of carbonyl (C=O) groups is 1. The van der Waals surface area contributed by atoms with Gasteiger partial charge in [0.2, 0.25) is 0 Å². The van der Waals surface area contributed by atoms with Crippen LogP contribution in [-0.4, -0.2) is 11.0 Å². The molecule has 3 rings (SSSR count). The summed E-state index contributed by atoms with van der Waals surface area (Å²) in [5, 5.41) is 6.38. The van der Waals surface area contributed by atoms with Gasteiger partial charge < -0.3 is 5.32 Å². The first kappa shape index (κ1) is 16.4. The third-order valence-corrected chi connectivity index (χ3v) is 4.34. The molecule has 0 unspecified atom stereocenters. The van der Waals surface area contributed by atoms with Gasteiger partial charge in [0.15, 0.2) is 5.13 Å². The van der Waals surface area contributed by atoms with Crippen LogP contribution < -0.4 is 10.6 Å². The zero-order valence-corrected chi connectivity index (χ0v) is 14.2. The summed E-state index contributed by atoms with van der Waals surface area (Å²) >= 11 is 7.24. The normalized spacial score (nSPS) is 10.5. The van der Waals surface area contributed by atoms with Gasteiger partial charge in [-0.1, -0.05) is 17.7 Å². The molecule has 0 saturated heterocycles. The van der Waals surface area contributed by atoms with Crippen LogP contribution in [0.15, 0.2) is 48.5 Å². The molecule has 7 heteroatoms. The van der Waals surface area contributed by atoms with Gasteiger partial charge in [0.05, 0.1) is 5.69 Å². The van der Waals surface area contributed by atoms with Gasteiger partial charge in [0.25, 0.3) is 0 Å². The number of urea groups is 1. The van der Waals surface area contributed by atoms with Crippen molar-refractivity contribution in [2.24, 2.45) is 0 Å². The average Bonchev–Trinajstić information content (AvgIpc) is 2.88. The van der Waals surface area contributed by atoms with E-state index in [1.807, 2.05) is 6.92 Å². The molecular weight excluding hydrogens is 349 g/mol. The molecule has 0 aliphatic rings. The molecule has 1 aromatic heterocycles. The Morgan fingerprint density at radius 3 is 2.62 bits per heavy atom. The number of amides is 2. The molecule has 0 bridgehead atoms. The highest BCUT2D eigenvalue weighted by atomic mass is 35.5. The Balaban J connectivity index is 1.73. The van der Waals surface area contributed by atoms with E-state index in [0.29, 0.717) is 15.8 Å². The molecule has 24 heavy (non-hydrogen) atoms. The van der Waals surface area contributed by atoms with Crippen LogP contribution in [0.25, 0.3) is 11.3 Å². The van der Waals surface area contributed by atoms with Crippen molar-refractivity contribution in [1.29, 1.82) is 0 Å². The zero-order valence-electron chi connectivity index (χ0n) is 12.6. The van der Waals surface area contributed by atoms with Gasteiger partial charge in [-0.2, -0.15) is 0 Å². The number of halogens is 2. The average molecular weight is 362 g/mol. The highest BCUT2D eigenvalue weighted by molar-refractivity contribution is 7.16. The first-order valence-electron chi connectivity index (χ1n) is 7.08. The number of benzene rings is 2. The lowest BCUT2D eigenvalue weighted by Crippen LogP contribution is -2.19. The Bertz CT molecular complexity index is 880. The van der Waals surface area contributed by atoms with Crippen molar-refractivity contribution in [3.05, 3.63) is 64.2 Å². The van der Waals surface area contributed by atoms with Gasteiger partial charge in [0, 0.05) is 21.2 Å². The van der Waals surface area contributed by atoms with E-state index in [4.69, 9.17) is 11.6 Å². The molecule has 0 fully saturated rings. The second kappa shape index (κ2) is 6.98. The first-order chi connectivity index (χ1) is 11.5. The molecule has 3 aromatic rings. The number of rotatable bonds is 3. The lowest BCUT2D eigenvalue weighted by Gasteiger charge is -2.05. The minimum atomic E-state index is -0.406. The number of hydrogen-bond donors (Lipinski definition) is 2. The lowest BCUT2D eigenvalue weighted by atomic mass is 10.1. The second-order valence-electron chi connectivity index (χ2n) is 5.02. The number of aryl methyl sites for hydroxylation is 1. The van der Waals surface area contributed by atoms with Crippen LogP contribution in [0.1, 0.15) is 4.88 Å². The minimum absolute atomic E-state index is 0.300. The molecule has 2 aromatic carbocycles. The van der Waals surface area contributed by atoms with E-state index in [9.17, 15) is 9.18 Å². The number of nitrogens with one attached hydrogen (secondary N) is 2. The van der Waals surface area contributed by atoms with Crippen LogP contribution in [0.4, 0.5) is 20.0 Å². The van der Waals surface area contributed by atoms with Crippen LogP contribution in [0.3, 0.4) is 0 Å². The molecule has 4 nitrogen and oxygen atoms in total. The molecule has 122 valence electrons. The number of anilines is 2. The quantitative estimate of drug-likeness (QED) is 0.642. The molecule has 0 atom stereocenters. The maximum Gasteiger partial charge on any atom is 0.325 e. The van der Waals surface area contributed by atoms with Crippen molar-refractivity contribution < 1.29 is 9.18 Å². The summed E-state index contributed by atoms with van der Waals surface area (Å²) in [5.41, 5.74) is 2.11. The summed E-state index contributed by atoms with van der Waals surface area (Å²) < 4.78 is 13.0. The summed E-state index contributed by atoms with van der Waals surface area (Å²) in [6.07, 6.45) is 0. The SMILES string of the molecule is Cc1sc(NC(=O)Nc2cccc(Cl)c2)nc1-c1ccc(F)cc1. The maximum atomic E-state index is 13.0. The lowest BCUT2D eigenvalue weighted by molar-refractivity contribution is 0.262. The summed E-state index contributed by atoms with van der Waals surface area (Å²) in [4.78, 5) is 17.4. The number of hydrogen-bond acceptors (Lipinski definition) is 3. The number of nitrogens with zero attached hydrogens (tertiary/aromatic N) is 1. The minimum Gasteiger partial charge on any atom is -0.308 e. The van der Waals surface area contributed by atoms with Crippen LogP contribution in [0, 0.1) is 12.7 Å². The van der Waals surface area contributed by atoms with Crippen molar-refractivity contribution >= 4 is 39.8 Å². The molecule has 2 amide bonds. The van der Waals surface area contributed by atoms with Crippen molar-refractivity contribution in [2.45, 2.75) is 6.92 Å². The fourth-order valence-electron chi connectivity index (χ4n) is 2.15. The fourth-order valence-corrected chi connectivity index (χ4v) is 3.17. The van der Waals surface area contributed by atoms with Crippen LogP contribution >= 0.6 is 22.9 Å². The molecule has 1 heterocycles. The van der Waals surface area contributed by atoms with Gasteiger partial charge in [0.1, 0.15) is 5.82 Å². The Morgan fingerprint density at radius 2 is 1.92 bits per heavy atom. The van der Waals surface area contributed by atoms with Gasteiger partial charge >= 0.3 is 6.03 Å². The Kier molecular flexibility index (Phi) is 4.78. The largest absolute Gasteiger partial charge is 0.325 e. The number of carbonyl (C=O) groups excluding carboxylic acids is 1. The van der Waals surface area contributed by atoms with Crippen molar-refractivity contribution in [1.82, 2.24) is 4.98 Å². The van der Waals surface area contributed by atoms with Gasteiger partial charge in [-0.25, -0.2) is 14.2 Å². The smallest absolute Gasteiger partial charge is 0.308 e. The monoisotopic (exact) mass is 361 g/mol. The molecule has 0 radical (unpaired) electrons. The molecule has 0 aliphatic carbocycles. The Morgan fingerprint density at radius 1 is 1.17 bits per heavy atom. The van der Waals surface area contributed by atoms with E-state index in [-0.39, 0.29) is 5.82 Å². The molecule has 0 spiro atoms. The Hall–Kier alpha value is -2.44. The number of thiazole rings is 1. The summed E-state index contributed by atoms with van der Waals surface area (Å²) in [5.74, 6) is -0.300. The third kappa shape index (κ3) is 3.90. The van der Waals surface area contributed by atoms with Crippen molar-refractivity contribution in [3.63, 3.8) is 0 Å². The highest BCUT2D eigenvalue weighted by Gasteiger charge is 2.12. The zero-order chi connectivity index (χ0) is 17.1. The standard InChI is InChI=1S/C17H13ClFN3OS/c1-10-15(11-5-7-13(19)8-6-11)21-17(24-10)22-16(23)20-14-4-2-3-12(18)9-14/h2-9H,1H3,(H2,20,21,22,23).